The monoisotopic (exact) mass is 443 g/mol. The maximum Gasteiger partial charge on any atom is 0.221 e. The predicted octanol–water partition coefficient (Wildman–Crippen LogP) is 3.79. The van der Waals surface area contributed by atoms with Gasteiger partial charge in [0.15, 0.2) is 10.6 Å². The Morgan fingerprint density at radius 3 is 2.71 bits per heavy atom. The normalized spacial score (nSPS) is 10.7. The highest BCUT2D eigenvalue weighted by atomic mass is 32.1. The Morgan fingerprint density at radius 2 is 2.00 bits per heavy atom. The van der Waals surface area contributed by atoms with Gasteiger partial charge in [-0.2, -0.15) is 5.10 Å². The minimum absolute atomic E-state index is 0.0719. The summed E-state index contributed by atoms with van der Waals surface area (Å²) in [6.45, 7) is 1.56. The second kappa shape index (κ2) is 10.7. The van der Waals surface area contributed by atoms with E-state index in [0.29, 0.717) is 42.3 Å². The van der Waals surface area contributed by atoms with E-state index in [1.54, 1.807) is 25.3 Å². The Morgan fingerprint density at radius 1 is 1.26 bits per heavy atom. The molecule has 0 aliphatic heterocycles. The molecule has 2 aromatic carbocycles. The molecule has 0 spiro atoms. The van der Waals surface area contributed by atoms with Gasteiger partial charge in [0.2, 0.25) is 5.91 Å². The van der Waals surface area contributed by atoms with Crippen LogP contribution in [-0.4, -0.2) is 47.9 Å². The lowest BCUT2D eigenvalue weighted by Gasteiger charge is -2.19. The number of aromatic amines is 1. The molecular weight excluding hydrogens is 417 g/mol. The minimum atomic E-state index is -0.251. The number of carbonyl (C=O) groups is 1. The molecule has 0 bridgehead atoms. The van der Waals surface area contributed by atoms with Gasteiger partial charge in [-0.3, -0.25) is 14.5 Å². The number of nitrogens with zero attached hydrogens (tertiary/aromatic N) is 3. The van der Waals surface area contributed by atoms with Gasteiger partial charge in [0.1, 0.15) is 11.6 Å². The number of anilines is 1. The van der Waals surface area contributed by atoms with E-state index in [-0.39, 0.29) is 18.1 Å². The lowest BCUT2D eigenvalue weighted by atomic mass is 10.2. The van der Waals surface area contributed by atoms with Crippen molar-refractivity contribution in [3.05, 3.63) is 59.1 Å². The summed E-state index contributed by atoms with van der Waals surface area (Å²) in [5, 5.41) is 9.98. The van der Waals surface area contributed by atoms with Gasteiger partial charge in [-0.15, -0.1) is 0 Å². The molecule has 1 aromatic heterocycles. The van der Waals surface area contributed by atoms with Gasteiger partial charge in [0.05, 0.1) is 12.8 Å². The molecule has 0 unspecified atom stereocenters. The van der Waals surface area contributed by atoms with E-state index in [1.165, 1.54) is 6.07 Å². The Hall–Kier alpha value is -3.20. The Bertz CT molecular complexity index is 1060. The van der Waals surface area contributed by atoms with E-state index in [2.05, 4.69) is 15.5 Å². The zero-order valence-electron chi connectivity index (χ0n) is 17.6. The van der Waals surface area contributed by atoms with Gasteiger partial charge in [-0.05, 0) is 55.0 Å². The van der Waals surface area contributed by atoms with Crippen LogP contribution in [0.15, 0.2) is 48.5 Å². The van der Waals surface area contributed by atoms with E-state index in [9.17, 15) is 9.18 Å². The first-order valence-corrected chi connectivity index (χ1v) is 10.4. The van der Waals surface area contributed by atoms with E-state index >= 15 is 0 Å². The second-order valence-corrected chi connectivity index (χ2v) is 7.45. The highest BCUT2D eigenvalue weighted by molar-refractivity contribution is 7.71. The standard InChI is InChI=1S/C22H26FN5O2S/c1-27(19-7-4-3-6-18(19)23)14-5-13-24-20(29)12-15-28-21(25-26-22(28)31)16-8-10-17(30-2)11-9-16/h3-4,6-11H,5,12-15H2,1-2H3,(H,24,29)(H,26,31). The third kappa shape index (κ3) is 5.91. The summed E-state index contributed by atoms with van der Waals surface area (Å²) in [6, 6.07) is 14.1. The molecule has 3 rings (SSSR count). The topological polar surface area (TPSA) is 75.2 Å². The third-order valence-electron chi connectivity index (χ3n) is 4.93. The van der Waals surface area contributed by atoms with Crippen molar-refractivity contribution in [3.63, 3.8) is 0 Å². The van der Waals surface area contributed by atoms with Crippen LogP contribution in [0.4, 0.5) is 10.1 Å². The Labute approximate surface area is 185 Å². The van der Waals surface area contributed by atoms with Gasteiger partial charge in [-0.1, -0.05) is 12.1 Å². The molecular formula is C22H26FN5O2S. The number of amides is 1. The van der Waals surface area contributed by atoms with Crippen molar-refractivity contribution in [1.29, 1.82) is 0 Å². The van der Waals surface area contributed by atoms with Gasteiger partial charge in [-0.25, -0.2) is 4.39 Å². The number of benzene rings is 2. The number of halogens is 1. The Kier molecular flexibility index (Phi) is 7.77. The molecule has 9 heteroatoms. The van der Waals surface area contributed by atoms with Crippen LogP contribution < -0.4 is 15.0 Å². The number of nitrogens with one attached hydrogen (secondary N) is 2. The summed E-state index contributed by atoms with van der Waals surface area (Å²) >= 11 is 5.32. The van der Waals surface area contributed by atoms with Crippen LogP contribution in [0.5, 0.6) is 5.75 Å². The zero-order chi connectivity index (χ0) is 22.2. The van der Waals surface area contributed by atoms with Gasteiger partial charge in [0.25, 0.3) is 0 Å². The molecule has 0 radical (unpaired) electrons. The van der Waals surface area contributed by atoms with Crippen molar-refractivity contribution < 1.29 is 13.9 Å². The number of rotatable bonds is 10. The minimum Gasteiger partial charge on any atom is -0.497 e. The maximum absolute atomic E-state index is 13.8. The van der Waals surface area contributed by atoms with Crippen molar-refractivity contribution in [2.45, 2.75) is 19.4 Å². The SMILES string of the molecule is COc1ccc(-c2n[nH]c(=S)n2CCC(=O)NCCCN(C)c2ccccc2F)cc1. The number of carbonyl (C=O) groups excluding carboxylic acids is 1. The van der Waals surface area contributed by atoms with Crippen molar-refractivity contribution in [2.24, 2.45) is 0 Å². The van der Waals surface area contributed by atoms with Crippen LogP contribution in [0.1, 0.15) is 12.8 Å². The number of H-pyrrole nitrogens is 1. The van der Waals surface area contributed by atoms with Crippen molar-refractivity contribution in [3.8, 4) is 17.1 Å². The number of methoxy groups -OCH3 is 1. The fourth-order valence-electron chi connectivity index (χ4n) is 3.21. The fourth-order valence-corrected chi connectivity index (χ4v) is 3.44. The smallest absolute Gasteiger partial charge is 0.221 e. The van der Waals surface area contributed by atoms with Crippen LogP contribution in [0, 0.1) is 10.6 Å². The number of aromatic nitrogens is 3. The van der Waals surface area contributed by atoms with Gasteiger partial charge >= 0.3 is 0 Å². The quantitative estimate of drug-likeness (QED) is 0.368. The summed E-state index contributed by atoms with van der Waals surface area (Å²) in [5.74, 6) is 1.10. The molecule has 3 aromatic rings. The molecule has 0 aliphatic carbocycles. The molecule has 0 atom stereocenters. The van der Waals surface area contributed by atoms with Gasteiger partial charge < -0.3 is 15.0 Å². The van der Waals surface area contributed by atoms with Crippen LogP contribution in [-0.2, 0) is 11.3 Å². The number of para-hydroxylation sites is 1. The second-order valence-electron chi connectivity index (χ2n) is 7.06. The first-order valence-electron chi connectivity index (χ1n) is 10.0. The summed E-state index contributed by atoms with van der Waals surface area (Å²) in [4.78, 5) is 14.1. The average molecular weight is 444 g/mol. The largest absolute Gasteiger partial charge is 0.497 e. The van der Waals surface area contributed by atoms with Crippen molar-refractivity contribution in [1.82, 2.24) is 20.1 Å². The molecule has 164 valence electrons. The molecule has 0 aliphatic rings. The first kappa shape index (κ1) is 22.5. The Balaban J connectivity index is 1.47. The number of hydrogen-bond donors (Lipinski definition) is 2. The maximum atomic E-state index is 13.8. The molecule has 0 saturated carbocycles. The van der Waals surface area contributed by atoms with Crippen LogP contribution in [0.25, 0.3) is 11.4 Å². The lowest BCUT2D eigenvalue weighted by Crippen LogP contribution is -2.29. The molecule has 7 nitrogen and oxygen atoms in total. The molecule has 1 heterocycles. The molecule has 0 saturated heterocycles. The summed E-state index contributed by atoms with van der Waals surface area (Å²) in [7, 11) is 3.45. The first-order chi connectivity index (χ1) is 15.0. The fraction of sp³-hybridized carbons (Fsp3) is 0.318. The summed E-state index contributed by atoms with van der Waals surface area (Å²) in [6.07, 6.45) is 0.985. The highest BCUT2D eigenvalue weighted by Crippen LogP contribution is 2.21. The van der Waals surface area contributed by atoms with E-state index in [0.717, 1.165) is 11.3 Å². The molecule has 2 N–H and O–H groups in total. The van der Waals surface area contributed by atoms with Crippen LogP contribution in [0.3, 0.4) is 0 Å². The van der Waals surface area contributed by atoms with Crippen molar-refractivity contribution in [2.75, 3.05) is 32.1 Å². The lowest BCUT2D eigenvalue weighted by molar-refractivity contribution is -0.121. The van der Waals surface area contributed by atoms with Gasteiger partial charge in [0, 0.05) is 38.7 Å². The average Bonchev–Trinajstić information content (AvgIpc) is 3.15. The summed E-state index contributed by atoms with van der Waals surface area (Å²) in [5.41, 5.74) is 1.43. The third-order valence-corrected chi connectivity index (χ3v) is 5.24. The molecule has 1 amide bonds. The van der Waals surface area contributed by atoms with E-state index in [1.807, 2.05) is 40.8 Å². The highest BCUT2D eigenvalue weighted by Gasteiger charge is 2.11. The molecule has 0 fully saturated rings. The number of hydrogen-bond acceptors (Lipinski definition) is 5. The predicted molar refractivity (Wildman–Crippen MR) is 121 cm³/mol. The zero-order valence-corrected chi connectivity index (χ0v) is 18.4. The van der Waals surface area contributed by atoms with E-state index < -0.39 is 0 Å². The number of ether oxygens (including phenoxy) is 1. The van der Waals surface area contributed by atoms with E-state index in [4.69, 9.17) is 17.0 Å². The molecule has 31 heavy (non-hydrogen) atoms. The van der Waals surface area contributed by atoms with Crippen LogP contribution >= 0.6 is 12.2 Å². The van der Waals surface area contributed by atoms with Crippen molar-refractivity contribution >= 4 is 23.8 Å². The summed E-state index contributed by atoms with van der Waals surface area (Å²) < 4.78 is 21.3. The van der Waals surface area contributed by atoms with Crippen LogP contribution in [0.2, 0.25) is 0 Å².